The van der Waals surface area contributed by atoms with Crippen LogP contribution < -0.4 is 16.6 Å². The van der Waals surface area contributed by atoms with Crippen LogP contribution in [0.4, 0.5) is 0 Å². The number of hydrogen-bond donors (Lipinski definition) is 1. The minimum absolute atomic E-state index is 0.0819. The maximum Gasteiger partial charge on any atom is 0.332 e. The highest BCUT2D eigenvalue weighted by Gasteiger charge is 2.15. The average molecular weight is 385 g/mol. The lowest BCUT2D eigenvalue weighted by Crippen LogP contribution is -2.42. The van der Waals surface area contributed by atoms with E-state index in [1.165, 1.54) is 26.0 Å². The molecule has 0 bridgehead atoms. The molecule has 6 nitrogen and oxygen atoms in total. The van der Waals surface area contributed by atoms with Gasteiger partial charge in [0, 0.05) is 13.1 Å². The summed E-state index contributed by atoms with van der Waals surface area (Å²) in [5, 5.41) is 4.64. The third kappa shape index (κ3) is 4.36. The van der Waals surface area contributed by atoms with Gasteiger partial charge < -0.3 is 5.32 Å². The number of benzene rings is 1. The number of aryl methyl sites for hydroxylation is 1. The van der Waals surface area contributed by atoms with E-state index in [1.54, 1.807) is 11.4 Å². The van der Waals surface area contributed by atoms with Gasteiger partial charge in [0.1, 0.15) is 11.2 Å². The van der Waals surface area contributed by atoms with Gasteiger partial charge >= 0.3 is 5.69 Å². The number of carbonyl (C=O) groups excluding carboxylic acids is 1. The highest BCUT2D eigenvalue weighted by Crippen LogP contribution is 2.15. The van der Waals surface area contributed by atoms with E-state index in [0.29, 0.717) is 29.7 Å². The smallest absolute Gasteiger partial charge is 0.332 e. The number of thiophene rings is 1. The molecule has 0 saturated heterocycles. The van der Waals surface area contributed by atoms with Gasteiger partial charge in [-0.25, -0.2) is 4.79 Å². The fraction of sp³-hybridized carbons (Fsp3) is 0.350. The van der Waals surface area contributed by atoms with Crippen molar-refractivity contribution in [3.63, 3.8) is 0 Å². The summed E-state index contributed by atoms with van der Waals surface area (Å²) >= 11 is 1.30. The van der Waals surface area contributed by atoms with Crippen molar-refractivity contribution >= 4 is 27.5 Å². The van der Waals surface area contributed by atoms with Crippen molar-refractivity contribution < 1.29 is 4.79 Å². The molecular weight excluding hydrogens is 362 g/mol. The normalized spacial score (nSPS) is 11.0. The Labute approximate surface area is 161 Å². The zero-order valence-corrected chi connectivity index (χ0v) is 16.1. The Hall–Kier alpha value is -2.67. The van der Waals surface area contributed by atoms with Gasteiger partial charge in [-0.3, -0.25) is 18.7 Å². The van der Waals surface area contributed by atoms with Gasteiger partial charge in [-0.2, -0.15) is 0 Å². The molecule has 27 heavy (non-hydrogen) atoms. The molecule has 0 saturated carbocycles. The van der Waals surface area contributed by atoms with Crippen molar-refractivity contribution in [3.05, 3.63) is 68.2 Å². The zero-order valence-electron chi connectivity index (χ0n) is 15.3. The van der Waals surface area contributed by atoms with Crippen molar-refractivity contribution in [2.45, 2.75) is 39.3 Å². The zero-order chi connectivity index (χ0) is 19.2. The molecule has 1 amide bonds. The predicted molar refractivity (Wildman–Crippen MR) is 108 cm³/mol. The largest absolute Gasteiger partial charge is 0.355 e. The number of hydrogen-bond acceptors (Lipinski definition) is 4. The average Bonchev–Trinajstić information content (AvgIpc) is 3.16. The summed E-state index contributed by atoms with van der Waals surface area (Å²) in [6.45, 7) is 2.73. The molecule has 0 unspecified atom stereocenters. The number of rotatable bonds is 8. The van der Waals surface area contributed by atoms with E-state index >= 15 is 0 Å². The van der Waals surface area contributed by atoms with E-state index in [0.717, 1.165) is 12.8 Å². The third-order valence-electron chi connectivity index (χ3n) is 4.39. The van der Waals surface area contributed by atoms with Crippen LogP contribution in [0.2, 0.25) is 0 Å². The monoisotopic (exact) mass is 385 g/mol. The van der Waals surface area contributed by atoms with Gasteiger partial charge in [0.15, 0.2) is 0 Å². The van der Waals surface area contributed by atoms with Crippen molar-refractivity contribution in [1.29, 1.82) is 0 Å². The summed E-state index contributed by atoms with van der Waals surface area (Å²) < 4.78 is 3.14. The fourth-order valence-electron chi connectivity index (χ4n) is 3.07. The van der Waals surface area contributed by atoms with E-state index in [4.69, 9.17) is 0 Å². The van der Waals surface area contributed by atoms with Crippen LogP contribution in [0.1, 0.15) is 25.3 Å². The standard InChI is InChI=1S/C20H23N3O3S/c1-2-12-22-19(25)18-16(10-13-27-18)23(20(22)26)14-17(24)21-11-6-9-15-7-4-3-5-8-15/h3-5,7-8,10,13H,2,6,9,11-12,14H2,1H3,(H,21,24). The number of aromatic nitrogens is 2. The van der Waals surface area contributed by atoms with Gasteiger partial charge in [0.2, 0.25) is 5.91 Å². The first kappa shape index (κ1) is 19.1. The van der Waals surface area contributed by atoms with Gasteiger partial charge in [-0.05, 0) is 36.3 Å². The molecular formula is C20H23N3O3S. The first-order valence-electron chi connectivity index (χ1n) is 9.13. The minimum Gasteiger partial charge on any atom is -0.355 e. The minimum atomic E-state index is -0.424. The lowest BCUT2D eigenvalue weighted by Gasteiger charge is -2.12. The van der Waals surface area contributed by atoms with E-state index in [1.807, 2.05) is 25.1 Å². The first-order chi connectivity index (χ1) is 13.1. The number of nitrogens with one attached hydrogen (secondary N) is 1. The highest BCUT2D eigenvalue weighted by molar-refractivity contribution is 7.17. The Kier molecular flexibility index (Phi) is 6.24. The topological polar surface area (TPSA) is 73.1 Å². The Morgan fingerprint density at radius 1 is 1.11 bits per heavy atom. The van der Waals surface area contributed by atoms with Crippen LogP contribution in [0, 0.1) is 0 Å². The predicted octanol–water partition coefficient (Wildman–Crippen LogP) is 2.38. The molecule has 3 aromatic rings. The quantitative estimate of drug-likeness (QED) is 0.605. The van der Waals surface area contributed by atoms with Gasteiger partial charge in [-0.15, -0.1) is 11.3 Å². The summed E-state index contributed by atoms with van der Waals surface area (Å²) in [4.78, 5) is 37.5. The summed E-state index contributed by atoms with van der Waals surface area (Å²) in [6, 6.07) is 11.8. The number of carbonyl (C=O) groups is 1. The SMILES string of the molecule is CCCn1c(=O)c2sccc2n(CC(=O)NCCCc2ccccc2)c1=O. The van der Waals surface area contributed by atoms with Crippen molar-refractivity contribution in [3.8, 4) is 0 Å². The van der Waals surface area contributed by atoms with E-state index in [-0.39, 0.29) is 18.0 Å². The van der Waals surface area contributed by atoms with Crippen molar-refractivity contribution in [1.82, 2.24) is 14.5 Å². The van der Waals surface area contributed by atoms with Crippen molar-refractivity contribution in [2.24, 2.45) is 0 Å². The van der Waals surface area contributed by atoms with Gasteiger partial charge in [-0.1, -0.05) is 37.3 Å². The lowest BCUT2D eigenvalue weighted by molar-refractivity contribution is -0.121. The number of amides is 1. The molecule has 0 aliphatic carbocycles. The van der Waals surface area contributed by atoms with Crippen LogP contribution in [0.25, 0.3) is 10.2 Å². The van der Waals surface area contributed by atoms with Crippen LogP contribution in [0.15, 0.2) is 51.4 Å². The summed E-state index contributed by atoms with van der Waals surface area (Å²) in [7, 11) is 0. The molecule has 0 atom stereocenters. The van der Waals surface area contributed by atoms with E-state index in [2.05, 4.69) is 17.4 Å². The second kappa shape index (κ2) is 8.81. The molecule has 1 N–H and O–H groups in total. The highest BCUT2D eigenvalue weighted by atomic mass is 32.1. The molecule has 1 aromatic carbocycles. The molecule has 2 aromatic heterocycles. The molecule has 2 heterocycles. The Morgan fingerprint density at radius 2 is 1.89 bits per heavy atom. The molecule has 0 radical (unpaired) electrons. The Morgan fingerprint density at radius 3 is 2.63 bits per heavy atom. The van der Waals surface area contributed by atoms with E-state index in [9.17, 15) is 14.4 Å². The lowest BCUT2D eigenvalue weighted by atomic mass is 10.1. The molecule has 0 aliphatic rings. The molecule has 7 heteroatoms. The van der Waals surface area contributed by atoms with Crippen LogP contribution >= 0.6 is 11.3 Å². The molecule has 0 fully saturated rings. The molecule has 0 spiro atoms. The Balaban J connectivity index is 1.68. The van der Waals surface area contributed by atoms with Crippen LogP contribution in [-0.2, 0) is 24.3 Å². The van der Waals surface area contributed by atoms with Crippen LogP contribution in [0.3, 0.4) is 0 Å². The van der Waals surface area contributed by atoms with Crippen LogP contribution in [0.5, 0.6) is 0 Å². The fourth-order valence-corrected chi connectivity index (χ4v) is 3.91. The third-order valence-corrected chi connectivity index (χ3v) is 5.28. The van der Waals surface area contributed by atoms with E-state index < -0.39 is 5.69 Å². The maximum atomic E-state index is 12.7. The number of nitrogens with zero attached hydrogens (tertiary/aromatic N) is 2. The second-order valence-corrected chi connectivity index (χ2v) is 7.32. The first-order valence-corrected chi connectivity index (χ1v) is 10.0. The van der Waals surface area contributed by atoms with Gasteiger partial charge in [0.05, 0.1) is 5.52 Å². The van der Waals surface area contributed by atoms with Gasteiger partial charge in [0.25, 0.3) is 5.56 Å². The van der Waals surface area contributed by atoms with Crippen molar-refractivity contribution in [2.75, 3.05) is 6.54 Å². The molecule has 142 valence electrons. The maximum absolute atomic E-state index is 12.7. The molecule has 3 rings (SSSR count). The Bertz CT molecular complexity index is 1030. The van der Waals surface area contributed by atoms with Crippen LogP contribution in [-0.4, -0.2) is 21.6 Å². The summed E-state index contributed by atoms with van der Waals surface area (Å²) in [6.07, 6.45) is 2.39. The second-order valence-electron chi connectivity index (χ2n) is 6.40. The summed E-state index contributed by atoms with van der Waals surface area (Å²) in [5.74, 6) is -0.223. The summed E-state index contributed by atoms with van der Waals surface area (Å²) in [5.41, 5.74) is 1.06. The number of fused-ring (bicyclic) bond motifs is 1. The molecule has 0 aliphatic heterocycles.